The van der Waals surface area contributed by atoms with E-state index >= 15 is 0 Å². The molecule has 3 aromatic carbocycles. The number of amides is 1. The van der Waals surface area contributed by atoms with Crippen LogP contribution in [0.1, 0.15) is 56.1 Å². The third kappa shape index (κ3) is 10.2. The number of carbonyl (C=O) groups is 1. The summed E-state index contributed by atoms with van der Waals surface area (Å²) in [4.78, 5) is 10.8. The summed E-state index contributed by atoms with van der Waals surface area (Å²) < 4.78 is 154. The van der Waals surface area contributed by atoms with E-state index in [1.807, 2.05) is 0 Å². The van der Waals surface area contributed by atoms with Gasteiger partial charge < -0.3 is 15.2 Å². The van der Waals surface area contributed by atoms with Gasteiger partial charge in [-0.2, -0.15) is 26.3 Å². The number of benzene rings is 3. The highest BCUT2D eigenvalue weighted by Crippen LogP contribution is 2.53. The topological polar surface area (TPSA) is 95.7 Å². The highest BCUT2D eigenvalue weighted by molar-refractivity contribution is 7.92. The Kier molecular flexibility index (Phi) is 14.3. The van der Waals surface area contributed by atoms with Crippen molar-refractivity contribution in [3.8, 4) is 0 Å². The Balaban J connectivity index is 0.000000229. The van der Waals surface area contributed by atoms with Crippen LogP contribution < -0.4 is 5.73 Å². The maximum Gasteiger partial charge on any atom is 0.430 e. The molecule has 1 saturated heterocycles. The van der Waals surface area contributed by atoms with Crippen LogP contribution in [0.4, 0.5) is 39.5 Å². The Bertz CT molecular complexity index is 1590. The number of rotatable bonds is 7. The molecule has 1 aliphatic carbocycles. The zero-order valence-electron chi connectivity index (χ0n) is 26.6. The average Bonchev–Trinajstić information content (AvgIpc) is 3.07. The number of alkyl halides is 6. The van der Waals surface area contributed by atoms with E-state index in [9.17, 15) is 52.7 Å². The molecule has 6 nitrogen and oxygen atoms in total. The van der Waals surface area contributed by atoms with Crippen LogP contribution in [0.5, 0.6) is 0 Å². The Morgan fingerprint density at radius 2 is 1.26 bits per heavy atom. The first-order valence-electron chi connectivity index (χ1n) is 15.5. The Morgan fingerprint density at radius 1 is 0.740 bits per heavy atom. The highest BCUT2D eigenvalue weighted by Gasteiger charge is 2.73. The number of primary amides is 1. The third-order valence-corrected chi connectivity index (χ3v) is 10.5. The highest BCUT2D eigenvalue weighted by atomic mass is 32.2. The Morgan fingerprint density at radius 3 is 1.72 bits per heavy atom. The standard InChI is InChI=1S/C16H10F8O.C12H15FO2S.C6H11NO2/c17-12-7-4-8-13(18)11(12)9-25-14(15(19,20)21,16(22,23)24)10-5-2-1-3-6-10;13-10-6-8-12(9-7-10)16(14,15)11-4-2-1-3-5-11;7-6(8)5-1-3-9-4-2-5/h1-8H,9H2;6-9,11H,1-5H2;5H,1-4H2,(H2,7,8). The molecule has 0 radical (unpaired) electrons. The molecule has 0 unspecified atom stereocenters. The number of sulfone groups is 1. The largest absolute Gasteiger partial charge is 0.430 e. The number of halogens is 9. The van der Waals surface area contributed by atoms with Gasteiger partial charge in [0.25, 0.3) is 5.60 Å². The zero-order valence-corrected chi connectivity index (χ0v) is 27.4. The molecule has 1 aliphatic heterocycles. The van der Waals surface area contributed by atoms with Crippen LogP contribution in [0.25, 0.3) is 0 Å². The van der Waals surface area contributed by atoms with Crippen LogP contribution in [-0.4, -0.2) is 45.1 Å². The Labute approximate surface area is 283 Å². The van der Waals surface area contributed by atoms with Crippen molar-refractivity contribution in [1.82, 2.24) is 0 Å². The molecule has 3 aromatic rings. The van der Waals surface area contributed by atoms with E-state index in [4.69, 9.17) is 10.5 Å². The molecule has 0 atom stereocenters. The van der Waals surface area contributed by atoms with E-state index in [0.29, 0.717) is 37.5 Å². The summed E-state index contributed by atoms with van der Waals surface area (Å²) >= 11 is 0. The number of ether oxygens (including phenoxy) is 2. The number of hydrogen-bond donors (Lipinski definition) is 1. The Hall–Kier alpha value is -3.63. The molecular weight excluding hydrogens is 705 g/mol. The molecule has 2 fully saturated rings. The van der Waals surface area contributed by atoms with Crippen molar-refractivity contribution >= 4 is 15.7 Å². The van der Waals surface area contributed by atoms with Gasteiger partial charge in [0, 0.05) is 30.3 Å². The summed E-state index contributed by atoms with van der Waals surface area (Å²) in [7, 11) is -3.25. The summed E-state index contributed by atoms with van der Waals surface area (Å²) in [6.07, 6.45) is -5.70. The first kappa shape index (κ1) is 40.8. The normalized spacial score (nSPS) is 16.4. The van der Waals surface area contributed by atoms with Gasteiger partial charge in [0.15, 0.2) is 9.84 Å². The molecule has 0 spiro atoms. The fourth-order valence-corrected chi connectivity index (χ4v) is 7.29. The minimum Gasteiger partial charge on any atom is -0.381 e. The minimum absolute atomic E-state index is 0.0683. The van der Waals surface area contributed by atoms with E-state index in [1.165, 1.54) is 30.3 Å². The quantitative estimate of drug-likeness (QED) is 0.194. The van der Waals surface area contributed by atoms with Gasteiger partial charge in [-0.1, -0.05) is 55.7 Å². The van der Waals surface area contributed by atoms with Gasteiger partial charge in [0.05, 0.1) is 16.8 Å². The number of carbonyl (C=O) groups excluding carboxylic acids is 1. The predicted octanol–water partition coefficient (Wildman–Crippen LogP) is 8.33. The van der Waals surface area contributed by atoms with Crippen LogP contribution in [0.15, 0.2) is 77.7 Å². The van der Waals surface area contributed by atoms with Crippen molar-refractivity contribution in [3.63, 3.8) is 0 Å². The molecule has 5 rings (SSSR count). The van der Waals surface area contributed by atoms with Crippen molar-refractivity contribution in [2.45, 2.75) is 79.7 Å². The fourth-order valence-electron chi connectivity index (χ4n) is 5.43. The molecule has 2 N–H and O–H groups in total. The molecule has 276 valence electrons. The van der Waals surface area contributed by atoms with E-state index < -0.39 is 63.0 Å². The summed E-state index contributed by atoms with van der Waals surface area (Å²) in [6, 6.07) is 11.8. The lowest BCUT2D eigenvalue weighted by Crippen LogP contribution is -2.55. The van der Waals surface area contributed by atoms with Gasteiger partial charge in [-0.3, -0.25) is 4.79 Å². The van der Waals surface area contributed by atoms with Crippen molar-refractivity contribution in [2.75, 3.05) is 13.2 Å². The number of hydrogen-bond acceptors (Lipinski definition) is 5. The lowest BCUT2D eigenvalue weighted by Gasteiger charge is -2.37. The van der Waals surface area contributed by atoms with E-state index in [2.05, 4.69) is 4.74 Å². The lowest BCUT2D eigenvalue weighted by atomic mass is 9.91. The smallest absolute Gasteiger partial charge is 0.381 e. The molecule has 16 heteroatoms. The molecular formula is C34H36F9NO5S. The molecule has 0 aromatic heterocycles. The summed E-state index contributed by atoms with van der Waals surface area (Å²) in [5.74, 6) is -3.14. The van der Waals surface area contributed by atoms with Crippen molar-refractivity contribution in [2.24, 2.45) is 11.7 Å². The second-order valence-electron chi connectivity index (χ2n) is 11.6. The lowest BCUT2D eigenvalue weighted by molar-refractivity contribution is -0.392. The maximum atomic E-state index is 13.5. The van der Waals surface area contributed by atoms with Crippen LogP contribution in [0, 0.1) is 23.4 Å². The van der Waals surface area contributed by atoms with Gasteiger partial charge in [-0.25, -0.2) is 21.6 Å². The van der Waals surface area contributed by atoms with E-state index in [-0.39, 0.29) is 22.0 Å². The molecule has 0 bridgehead atoms. The van der Waals surface area contributed by atoms with Crippen LogP contribution >= 0.6 is 0 Å². The average molecular weight is 742 g/mol. The van der Waals surface area contributed by atoms with Crippen molar-refractivity contribution < 1.29 is 62.2 Å². The van der Waals surface area contributed by atoms with Crippen LogP contribution in [0.2, 0.25) is 0 Å². The molecule has 1 saturated carbocycles. The minimum atomic E-state index is -5.92. The van der Waals surface area contributed by atoms with Crippen molar-refractivity contribution in [1.29, 1.82) is 0 Å². The SMILES string of the molecule is Fc1cccc(F)c1COC(c1ccccc1)(C(F)(F)F)C(F)(F)F.NC(=O)C1CCOCC1.O=S(=O)(c1ccc(F)cc1)C1CCCCC1. The summed E-state index contributed by atoms with van der Waals surface area (Å²) in [5.41, 5.74) is -1.93. The second-order valence-corrected chi connectivity index (χ2v) is 13.8. The van der Waals surface area contributed by atoms with E-state index in [0.717, 1.165) is 63.1 Å². The second kappa shape index (κ2) is 17.5. The van der Waals surface area contributed by atoms with Gasteiger partial charge in [0.2, 0.25) is 5.91 Å². The van der Waals surface area contributed by atoms with Gasteiger partial charge in [-0.05, 0) is 62.1 Å². The summed E-state index contributed by atoms with van der Waals surface area (Å²) in [6.45, 7) is -0.187. The van der Waals surface area contributed by atoms with Gasteiger partial charge in [0.1, 0.15) is 17.5 Å². The monoisotopic (exact) mass is 741 g/mol. The van der Waals surface area contributed by atoms with Gasteiger partial charge >= 0.3 is 12.4 Å². The number of nitrogens with two attached hydrogens (primary N) is 1. The van der Waals surface area contributed by atoms with Gasteiger partial charge in [-0.15, -0.1) is 0 Å². The van der Waals surface area contributed by atoms with Crippen LogP contribution in [0.3, 0.4) is 0 Å². The fraction of sp³-hybridized carbons (Fsp3) is 0.441. The van der Waals surface area contributed by atoms with Crippen LogP contribution in [-0.2, 0) is 36.3 Å². The molecule has 50 heavy (non-hydrogen) atoms. The molecule has 1 amide bonds. The van der Waals surface area contributed by atoms with Crippen molar-refractivity contribution in [3.05, 3.63) is 101 Å². The van der Waals surface area contributed by atoms with E-state index in [1.54, 1.807) is 0 Å². The molecule has 2 aliphatic rings. The maximum absolute atomic E-state index is 13.5. The predicted molar refractivity (Wildman–Crippen MR) is 165 cm³/mol. The molecule has 1 heterocycles. The first-order valence-corrected chi connectivity index (χ1v) is 17.1. The first-order chi connectivity index (χ1) is 23.4. The summed E-state index contributed by atoms with van der Waals surface area (Å²) in [5, 5.41) is -0.272. The third-order valence-electron chi connectivity index (χ3n) is 8.23. The zero-order chi connectivity index (χ0) is 37.2.